The summed E-state index contributed by atoms with van der Waals surface area (Å²) in [6, 6.07) is 11.2. The zero-order chi connectivity index (χ0) is 13.5. The molecule has 1 aromatic rings. The number of nitrogens with two attached hydrogens (primary N) is 1. The lowest BCUT2D eigenvalue weighted by Gasteiger charge is -2.21. The summed E-state index contributed by atoms with van der Waals surface area (Å²) in [5, 5.41) is 11.6. The molecule has 1 fully saturated rings. The maximum absolute atomic E-state index is 8.57. The van der Waals surface area contributed by atoms with Gasteiger partial charge in [0.1, 0.15) is 5.84 Å². The highest BCUT2D eigenvalue weighted by molar-refractivity contribution is 7.99. The fourth-order valence-electron chi connectivity index (χ4n) is 2.02. The highest BCUT2D eigenvalue weighted by Gasteiger charge is 2.28. The molecule has 1 saturated carbocycles. The molecule has 104 valence electrons. The molecule has 19 heavy (non-hydrogen) atoms. The van der Waals surface area contributed by atoms with E-state index in [-0.39, 0.29) is 0 Å². The van der Waals surface area contributed by atoms with Crippen LogP contribution in [0.2, 0.25) is 0 Å². The molecule has 4 nitrogen and oxygen atoms in total. The van der Waals surface area contributed by atoms with Crippen molar-refractivity contribution in [3.63, 3.8) is 0 Å². The van der Waals surface area contributed by atoms with Gasteiger partial charge < -0.3 is 10.9 Å². The van der Waals surface area contributed by atoms with Crippen molar-refractivity contribution < 1.29 is 5.21 Å². The largest absolute Gasteiger partial charge is 0.409 e. The molecule has 0 heterocycles. The molecule has 3 N–H and O–H groups in total. The Hall–Kier alpha value is -1.20. The molecule has 0 saturated heterocycles. The molecule has 0 aliphatic heterocycles. The SMILES string of the molecule is NC(CCN(CCSc1ccccc1)C1CC1)=NO. The molecule has 0 bridgehead atoms. The van der Waals surface area contributed by atoms with E-state index in [1.807, 2.05) is 17.8 Å². The number of nitrogens with zero attached hydrogens (tertiary/aromatic N) is 2. The third kappa shape index (κ3) is 5.12. The van der Waals surface area contributed by atoms with Crippen LogP contribution in [-0.4, -0.2) is 40.8 Å². The predicted molar refractivity (Wildman–Crippen MR) is 79.8 cm³/mol. The Morgan fingerprint density at radius 1 is 1.32 bits per heavy atom. The van der Waals surface area contributed by atoms with Gasteiger partial charge in [-0.3, -0.25) is 4.90 Å². The second kappa shape index (κ2) is 7.40. The fraction of sp³-hybridized carbons (Fsp3) is 0.500. The van der Waals surface area contributed by atoms with Crippen molar-refractivity contribution >= 4 is 17.6 Å². The Morgan fingerprint density at radius 2 is 2.05 bits per heavy atom. The quantitative estimate of drug-likeness (QED) is 0.252. The smallest absolute Gasteiger partial charge is 0.140 e. The third-order valence-corrected chi connectivity index (χ3v) is 4.23. The summed E-state index contributed by atoms with van der Waals surface area (Å²) in [4.78, 5) is 3.77. The molecular weight excluding hydrogens is 258 g/mol. The van der Waals surface area contributed by atoms with Crippen molar-refractivity contribution in [2.24, 2.45) is 10.9 Å². The zero-order valence-electron chi connectivity index (χ0n) is 11.0. The highest BCUT2D eigenvalue weighted by atomic mass is 32.2. The molecule has 1 aliphatic carbocycles. The summed E-state index contributed by atoms with van der Waals surface area (Å²) < 4.78 is 0. The van der Waals surface area contributed by atoms with Gasteiger partial charge in [0.05, 0.1) is 0 Å². The van der Waals surface area contributed by atoms with E-state index in [0.717, 1.165) is 18.8 Å². The van der Waals surface area contributed by atoms with Crippen LogP contribution in [0.4, 0.5) is 0 Å². The summed E-state index contributed by atoms with van der Waals surface area (Å²) in [5.74, 6) is 1.40. The molecule has 2 rings (SSSR count). The van der Waals surface area contributed by atoms with Gasteiger partial charge >= 0.3 is 0 Å². The average Bonchev–Trinajstić information content (AvgIpc) is 3.28. The monoisotopic (exact) mass is 279 g/mol. The Labute approximate surface area is 118 Å². The first-order chi connectivity index (χ1) is 9.29. The number of hydrogen-bond donors (Lipinski definition) is 2. The molecule has 0 radical (unpaired) electrons. The summed E-state index contributed by atoms with van der Waals surface area (Å²) in [6.45, 7) is 1.94. The van der Waals surface area contributed by atoms with Crippen molar-refractivity contribution in [3.8, 4) is 0 Å². The zero-order valence-corrected chi connectivity index (χ0v) is 11.9. The van der Waals surface area contributed by atoms with Crippen LogP contribution < -0.4 is 5.73 Å². The van der Waals surface area contributed by atoms with E-state index in [2.05, 4.69) is 34.3 Å². The normalized spacial score (nSPS) is 15.9. The van der Waals surface area contributed by atoms with Crippen LogP contribution in [-0.2, 0) is 0 Å². The van der Waals surface area contributed by atoms with Gasteiger partial charge in [0.15, 0.2) is 0 Å². The molecule has 0 spiro atoms. The lowest BCUT2D eigenvalue weighted by Crippen LogP contribution is -2.32. The lowest BCUT2D eigenvalue weighted by atomic mass is 10.3. The van der Waals surface area contributed by atoms with Crippen LogP contribution in [0.5, 0.6) is 0 Å². The van der Waals surface area contributed by atoms with Crippen LogP contribution in [0.3, 0.4) is 0 Å². The minimum atomic E-state index is 0.321. The Bertz CT molecular complexity index is 406. The van der Waals surface area contributed by atoms with Crippen LogP contribution >= 0.6 is 11.8 Å². The van der Waals surface area contributed by atoms with Crippen molar-refractivity contribution in [3.05, 3.63) is 30.3 Å². The van der Waals surface area contributed by atoms with Crippen molar-refractivity contribution in [2.45, 2.75) is 30.2 Å². The number of rotatable bonds is 8. The first-order valence-electron chi connectivity index (χ1n) is 6.68. The fourth-order valence-corrected chi connectivity index (χ4v) is 2.93. The molecule has 0 unspecified atom stereocenters. The van der Waals surface area contributed by atoms with Gasteiger partial charge in [0.25, 0.3) is 0 Å². The third-order valence-electron chi connectivity index (χ3n) is 3.24. The minimum Gasteiger partial charge on any atom is -0.409 e. The molecule has 1 aliphatic rings. The number of amidine groups is 1. The Balaban J connectivity index is 1.71. The highest BCUT2D eigenvalue weighted by Crippen LogP contribution is 2.27. The van der Waals surface area contributed by atoms with Gasteiger partial charge in [-0.15, -0.1) is 11.8 Å². The Kier molecular flexibility index (Phi) is 5.54. The molecule has 0 aromatic heterocycles. The summed E-state index contributed by atoms with van der Waals surface area (Å²) in [7, 11) is 0. The Morgan fingerprint density at radius 3 is 2.68 bits per heavy atom. The van der Waals surface area contributed by atoms with Gasteiger partial charge in [0.2, 0.25) is 0 Å². The molecule has 5 heteroatoms. The second-order valence-corrected chi connectivity index (χ2v) is 5.94. The van der Waals surface area contributed by atoms with Gasteiger partial charge in [-0.25, -0.2) is 0 Å². The number of hydrogen-bond acceptors (Lipinski definition) is 4. The summed E-state index contributed by atoms with van der Waals surface area (Å²) in [5.41, 5.74) is 5.53. The average molecular weight is 279 g/mol. The van der Waals surface area contributed by atoms with Gasteiger partial charge in [0, 0.05) is 36.2 Å². The van der Waals surface area contributed by atoms with E-state index in [1.165, 1.54) is 17.7 Å². The number of benzene rings is 1. The predicted octanol–water partition coefficient (Wildman–Crippen LogP) is 2.38. The van der Waals surface area contributed by atoms with Gasteiger partial charge in [-0.2, -0.15) is 0 Å². The summed E-state index contributed by atoms with van der Waals surface area (Å²) >= 11 is 1.88. The van der Waals surface area contributed by atoms with Crippen molar-refractivity contribution in [2.75, 3.05) is 18.8 Å². The lowest BCUT2D eigenvalue weighted by molar-refractivity contribution is 0.283. The topological polar surface area (TPSA) is 61.8 Å². The molecule has 0 amide bonds. The van der Waals surface area contributed by atoms with Crippen molar-refractivity contribution in [1.82, 2.24) is 4.90 Å². The molecular formula is C14H21N3OS. The van der Waals surface area contributed by atoms with Crippen molar-refractivity contribution in [1.29, 1.82) is 0 Å². The van der Waals surface area contributed by atoms with E-state index in [1.54, 1.807) is 0 Å². The number of oxime groups is 1. The van der Waals surface area contributed by atoms with Crippen LogP contribution in [0.25, 0.3) is 0 Å². The molecule has 1 aromatic carbocycles. The summed E-state index contributed by atoms with van der Waals surface area (Å²) in [6.07, 6.45) is 3.21. The number of thioether (sulfide) groups is 1. The van der Waals surface area contributed by atoms with E-state index in [9.17, 15) is 0 Å². The van der Waals surface area contributed by atoms with E-state index >= 15 is 0 Å². The first-order valence-corrected chi connectivity index (χ1v) is 7.66. The first kappa shape index (κ1) is 14.2. The molecule has 0 atom stereocenters. The van der Waals surface area contributed by atoms with Crippen LogP contribution in [0, 0.1) is 0 Å². The standard InChI is InChI=1S/C14H21N3OS/c15-14(16-18)8-9-17(12-6-7-12)10-11-19-13-4-2-1-3-5-13/h1-5,12,18H,6-11H2,(H2,15,16). The van der Waals surface area contributed by atoms with Crippen LogP contribution in [0.1, 0.15) is 19.3 Å². The van der Waals surface area contributed by atoms with E-state index < -0.39 is 0 Å². The van der Waals surface area contributed by atoms with E-state index in [4.69, 9.17) is 10.9 Å². The van der Waals surface area contributed by atoms with Gasteiger partial charge in [-0.05, 0) is 25.0 Å². The van der Waals surface area contributed by atoms with Crippen LogP contribution in [0.15, 0.2) is 40.4 Å². The maximum Gasteiger partial charge on any atom is 0.140 e. The maximum atomic E-state index is 8.57. The minimum absolute atomic E-state index is 0.321. The second-order valence-electron chi connectivity index (χ2n) is 4.77. The van der Waals surface area contributed by atoms with Gasteiger partial charge in [-0.1, -0.05) is 23.4 Å². The van der Waals surface area contributed by atoms with E-state index in [0.29, 0.717) is 18.3 Å².